The lowest BCUT2D eigenvalue weighted by molar-refractivity contribution is -0.123. The van der Waals surface area contributed by atoms with E-state index in [0.29, 0.717) is 10.7 Å². The molecule has 2 aliphatic heterocycles. The van der Waals surface area contributed by atoms with Gasteiger partial charge in [-0.25, -0.2) is 13.7 Å². The van der Waals surface area contributed by atoms with Crippen LogP contribution in [-0.2, 0) is 14.4 Å². The lowest BCUT2D eigenvalue weighted by atomic mass is 10.1. The number of halogens is 3. The van der Waals surface area contributed by atoms with E-state index in [2.05, 4.69) is 15.7 Å². The van der Waals surface area contributed by atoms with Gasteiger partial charge in [0.1, 0.15) is 6.54 Å². The Labute approximate surface area is 174 Å². The third kappa shape index (κ3) is 3.39. The second-order valence-electron chi connectivity index (χ2n) is 6.83. The van der Waals surface area contributed by atoms with E-state index >= 15 is 0 Å². The summed E-state index contributed by atoms with van der Waals surface area (Å²) >= 11 is 6.10. The number of hydrogen-bond donors (Lipinski definition) is 1. The molecule has 1 saturated heterocycles. The van der Waals surface area contributed by atoms with E-state index in [4.69, 9.17) is 11.6 Å². The molecule has 0 aliphatic carbocycles. The highest BCUT2D eigenvalue weighted by molar-refractivity contribution is 6.33. The summed E-state index contributed by atoms with van der Waals surface area (Å²) in [5, 5.41) is 11.6. The van der Waals surface area contributed by atoms with Gasteiger partial charge in [-0.15, -0.1) is 0 Å². The van der Waals surface area contributed by atoms with Crippen LogP contribution in [0.2, 0.25) is 5.02 Å². The molecule has 0 radical (unpaired) electrons. The number of anilines is 2. The SMILES string of the molecule is Cc1ccc(NC(=O)CN2N=N[C@@H]3C(=O)N(c4ccc(F)c(F)c4)C(=O)[C@@H]32)c(Cl)c1. The summed E-state index contributed by atoms with van der Waals surface area (Å²) in [6, 6.07) is 5.46. The third-order valence-electron chi connectivity index (χ3n) is 4.72. The molecule has 2 heterocycles. The molecule has 2 atom stereocenters. The van der Waals surface area contributed by atoms with Gasteiger partial charge < -0.3 is 5.32 Å². The van der Waals surface area contributed by atoms with Crippen molar-refractivity contribution in [2.75, 3.05) is 16.8 Å². The van der Waals surface area contributed by atoms with Crippen LogP contribution in [-0.4, -0.2) is 41.4 Å². The number of hydrogen-bond acceptors (Lipinski definition) is 6. The first-order valence-electron chi connectivity index (χ1n) is 8.82. The number of rotatable bonds is 4. The minimum absolute atomic E-state index is 0.121. The molecule has 2 aromatic rings. The smallest absolute Gasteiger partial charge is 0.263 e. The molecule has 11 heteroatoms. The summed E-state index contributed by atoms with van der Waals surface area (Å²) in [7, 11) is 0. The number of carbonyl (C=O) groups excluding carboxylic acids is 3. The average Bonchev–Trinajstić information content (AvgIpc) is 3.20. The van der Waals surface area contributed by atoms with E-state index in [1.165, 1.54) is 0 Å². The van der Waals surface area contributed by atoms with Gasteiger partial charge in [0.25, 0.3) is 11.8 Å². The molecule has 1 N–H and O–H groups in total. The Hall–Kier alpha value is -3.40. The highest BCUT2D eigenvalue weighted by Gasteiger charge is 2.55. The summed E-state index contributed by atoms with van der Waals surface area (Å²) in [6.45, 7) is 1.49. The van der Waals surface area contributed by atoms with Gasteiger partial charge in [0.2, 0.25) is 5.91 Å². The normalized spacial score (nSPS) is 20.1. The van der Waals surface area contributed by atoms with Crippen LogP contribution in [0.4, 0.5) is 20.2 Å². The number of carbonyl (C=O) groups is 3. The zero-order chi connectivity index (χ0) is 21.6. The second-order valence-corrected chi connectivity index (χ2v) is 7.24. The number of benzene rings is 2. The van der Waals surface area contributed by atoms with Gasteiger partial charge in [0.05, 0.1) is 16.4 Å². The lowest BCUT2D eigenvalue weighted by Gasteiger charge is -2.20. The summed E-state index contributed by atoms with van der Waals surface area (Å²) < 4.78 is 26.7. The molecule has 0 unspecified atom stereocenters. The Kier molecular flexibility index (Phi) is 4.94. The van der Waals surface area contributed by atoms with Crippen molar-refractivity contribution in [1.29, 1.82) is 0 Å². The van der Waals surface area contributed by atoms with Crippen molar-refractivity contribution in [3.63, 3.8) is 0 Å². The second kappa shape index (κ2) is 7.45. The van der Waals surface area contributed by atoms with E-state index in [0.717, 1.165) is 33.7 Å². The molecule has 0 spiro atoms. The van der Waals surface area contributed by atoms with Gasteiger partial charge in [-0.3, -0.25) is 19.4 Å². The van der Waals surface area contributed by atoms with Crippen molar-refractivity contribution in [2.24, 2.45) is 10.3 Å². The zero-order valence-corrected chi connectivity index (χ0v) is 16.2. The van der Waals surface area contributed by atoms with E-state index in [9.17, 15) is 23.2 Å². The van der Waals surface area contributed by atoms with E-state index in [-0.39, 0.29) is 12.2 Å². The fourth-order valence-corrected chi connectivity index (χ4v) is 3.57. The minimum atomic E-state index is -1.20. The number of nitrogens with zero attached hydrogens (tertiary/aromatic N) is 4. The zero-order valence-electron chi connectivity index (χ0n) is 15.5. The number of imide groups is 1. The number of aryl methyl sites for hydroxylation is 1. The van der Waals surface area contributed by atoms with Crippen molar-refractivity contribution in [1.82, 2.24) is 5.01 Å². The van der Waals surface area contributed by atoms with Crippen LogP contribution in [0.15, 0.2) is 46.7 Å². The van der Waals surface area contributed by atoms with Crippen LogP contribution < -0.4 is 10.2 Å². The summed E-state index contributed by atoms with van der Waals surface area (Å²) in [5.74, 6) is -4.29. The average molecular weight is 434 g/mol. The summed E-state index contributed by atoms with van der Waals surface area (Å²) in [6.07, 6.45) is 0. The predicted octanol–water partition coefficient (Wildman–Crippen LogP) is 2.86. The molecule has 2 aliphatic rings. The van der Waals surface area contributed by atoms with Crippen LogP contribution in [0.25, 0.3) is 0 Å². The third-order valence-corrected chi connectivity index (χ3v) is 5.04. The number of amides is 3. The van der Waals surface area contributed by atoms with Crippen LogP contribution in [0, 0.1) is 18.6 Å². The summed E-state index contributed by atoms with van der Waals surface area (Å²) in [5.41, 5.74) is 1.18. The molecule has 0 saturated carbocycles. The van der Waals surface area contributed by atoms with Crippen LogP contribution in [0.5, 0.6) is 0 Å². The highest BCUT2D eigenvalue weighted by atomic mass is 35.5. The molecule has 154 valence electrons. The Morgan fingerprint density at radius 2 is 1.90 bits per heavy atom. The highest BCUT2D eigenvalue weighted by Crippen LogP contribution is 2.32. The standard InChI is InChI=1S/C19H14ClF2N5O3/c1-9-2-5-14(11(20)6-9)23-15(28)8-26-17-16(24-25-26)18(29)27(19(17)30)10-3-4-12(21)13(22)7-10/h2-7,16-17H,8H2,1H3,(H,23,28)/t16-,17+/m0/s1. The molecule has 2 aromatic carbocycles. The van der Waals surface area contributed by atoms with E-state index in [1.54, 1.807) is 18.2 Å². The maximum Gasteiger partial charge on any atom is 0.263 e. The fourth-order valence-electron chi connectivity index (χ4n) is 3.29. The van der Waals surface area contributed by atoms with Gasteiger partial charge in [0, 0.05) is 6.07 Å². The first-order valence-corrected chi connectivity index (χ1v) is 9.20. The van der Waals surface area contributed by atoms with Gasteiger partial charge in [0.15, 0.2) is 23.7 Å². The molecule has 3 amide bonds. The van der Waals surface area contributed by atoms with Crippen molar-refractivity contribution in [3.8, 4) is 0 Å². The Morgan fingerprint density at radius 1 is 1.13 bits per heavy atom. The largest absolute Gasteiger partial charge is 0.323 e. The Balaban J connectivity index is 1.50. The van der Waals surface area contributed by atoms with Crippen molar-refractivity contribution in [3.05, 3.63) is 58.6 Å². The predicted molar refractivity (Wildman–Crippen MR) is 103 cm³/mol. The monoisotopic (exact) mass is 433 g/mol. The maximum absolute atomic E-state index is 13.5. The molecule has 1 fully saturated rings. The number of fused-ring (bicyclic) bond motifs is 1. The molecular formula is C19H14ClF2N5O3. The molecular weight excluding hydrogens is 420 g/mol. The van der Waals surface area contributed by atoms with Crippen molar-refractivity contribution in [2.45, 2.75) is 19.0 Å². The lowest BCUT2D eigenvalue weighted by Crippen LogP contribution is -2.43. The molecule has 8 nitrogen and oxygen atoms in total. The van der Waals surface area contributed by atoms with Crippen LogP contribution in [0.3, 0.4) is 0 Å². The van der Waals surface area contributed by atoms with E-state index in [1.807, 2.05) is 6.92 Å². The first-order chi connectivity index (χ1) is 14.3. The van der Waals surface area contributed by atoms with Crippen LogP contribution >= 0.6 is 11.6 Å². The number of nitrogens with one attached hydrogen (secondary N) is 1. The van der Waals surface area contributed by atoms with Gasteiger partial charge in [-0.1, -0.05) is 22.9 Å². The summed E-state index contributed by atoms with van der Waals surface area (Å²) in [4.78, 5) is 38.5. The van der Waals surface area contributed by atoms with Crippen LogP contribution in [0.1, 0.15) is 5.56 Å². The van der Waals surface area contributed by atoms with Gasteiger partial charge in [-0.05, 0) is 36.8 Å². The molecule has 30 heavy (non-hydrogen) atoms. The molecule has 4 rings (SSSR count). The minimum Gasteiger partial charge on any atom is -0.323 e. The fraction of sp³-hybridized carbons (Fsp3) is 0.211. The molecule has 0 aromatic heterocycles. The van der Waals surface area contributed by atoms with Gasteiger partial charge in [-0.2, -0.15) is 5.11 Å². The van der Waals surface area contributed by atoms with E-state index < -0.39 is 41.4 Å². The Bertz CT molecular complexity index is 1110. The van der Waals surface area contributed by atoms with Crippen molar-refractivity contribution < 1.29 is 23.2 Å². The van der Waals surface area contributed by atoms with Crippen molar-refractivity contribution >= 4 is 40.7 Å². The topological polar surface area (TPSA) is 94.4 Å². The molecule has 0 bridgehead atoms. The van der Waals surface area contributed by atoms with Gasteiger partial charge >= 0.3 is 0 Å². The first kappa shape index (κ1) is 19.9. The quantitative estimate of drug-likeness (QED) is 0.750. The Morgan fingerprint density at radius 3 is 2.60 bits per heavy atom. The maximum atomic E-state index is 13.5.